The van der Waals surface area contributed by atoms with Crippen molar-refractivity contribution in [3.63, 3.8) is 0 Å². The van der Waals surface area contributed by atoms with Crippen LogP contribution in [-0.4, -0.2) is 35.5 Å². The minimum atomic E-state index is -4.98. The summed E-state index contributed by atoms with van der Waals surface area (Å²) in [6, 6.07) is 0. The van der Waals surface area contributed by atoms with Gasteiger partial charge in [0.25, 0.3) is 0 Å². The molecule has 0 amide bonds. The molecule has 0 bridgehead atoms. The molecule has 0 aromatic rings. The molecule has 2 unspecified atom stereocenters. The van der Waals surface area contributed by atoms with Gasteiger partial charge in [-0.3, -0.25) is 9.59 Å². The number of alkyl halides is 6. The predicted molar refractivity (Wildman–Crippen MR) is 80.0 cm³/mol. The van der Waals surface area contributed by atoms with Crippen LogP contribution in [0, 0.1) is 11.8 Å². The van der Waals surface area contributed by atoms with Crippen molar-refractivity contribution >= 4 is 11.9 Å². The van der Waals surface area contributed by atoms with Gasteiger partial charge in [0.2, 0.25) is 0 Å². The molecule has 4 nitrogen and oxygen atoms in total. The number of carbonyl (C=O) groups is 2. The smallest absolute Gasteiger partial charge is 0.389 e. The molecule has 0 aliphatic rings. The Morgan fingerprint density at radius 2 is 0.885 bits per heavy atom. The molecule has 2 atom stereocenters. The van der Waals surface area contributed by atoms with Crippen LogP contribution >= 0.6 is 0 Å². The van der Waals surface area contributed by atoms with Gasteiger partial charge in [0, 0.05) is 0 Å². The van der Waals surface area contributed by atoms with Gasteiger partial charge in [-0.2, -0.15) is 26.3 Å². The van der Waals surface area contributed by atoms with Crippen molar-refractivity contribution in [2.24, 2.45) is 11.8 Å². The van der Waals surface area contributed by atoms with E-state index in [9.17, 15) is 35.9 Å². The third-order valence-corrected chi connectivity index (χ3v) is 2.81. The monoisotopic (exact) mass is 394 g/mol. The number of ether oxygens (including phenoxy) is 2. The molecule has 0 saturated carbocycles. The number of rotatable bonds is 5. The highest BCUT2D eigenvalue weighted by Gasteiger charge is 2.49. The standard InChI is InChI=1S/C16H24F6O4/c1-13(2,3)25-11(23)9(7-15(17,18)19)10(8-16(20,21)22)12(24)26-14(4,5)6/h9-10H,7-8H2,1-6H3. The first-order valence-corrected chi connectivity index (χ1v) is 7.79. The highest BCUT2D eigenvalue weighted by Crippen LogP contribution is 2.38. The van der Waals surface area contributed by atoms with Crippen molar-refractivity contribution in [1.82, 2.24) is 0 Å². The van der Waals surface area contributed by atoms with E-state index in [1.165, 1.54) is 41.5 Å². The zero-order valence-electron chi connectivity index (χ0n) is 15.5. The Balaban J connectivity index is 5.89. The molecule has 0 radical (unpaired) electrons. The summed E-state index contributed by atoms with van der Waals surface area (Å²) in [5, 5.41) is 0. The van der Waals surface area contributed by atoms with Crippen LogP contribution in [0.5, 0.6) is 0 Å². The van der Waals surface area contributed by atoms with E-state index in [-0.39, 0.29) is 0 Å². The number of hydrogen-bond donors (Lipinski definition) is 0. The van der Waals surface area contributed by atoms with Crippen LogP contribution in [0.15, 0.2) is 0 Å². The third-order valence-electron chi connectivity index (χ3n) is 2.81. The van der Waals surface area contributed by atoms with E-state index in [1.54, 1.807) is 0 Å². The second-order valence-corrected chi connectivity index (χ2v) is 7.92. The Labute approximate surface area is 148 Å². The SMILES string of the molecule is CC(C)(C)OC(=O)C(CC(F)(F)F)C(CC(F)(F)F)C(=O)OC(C)(C)C. The fourth-order valence-electron chi connectivity index (χ4n) is 2.03. The maximum Gasteiger partial charge on any atom is 0.389 e. The topological polar surface area (TPSA) is 52.6 Å². The Morgan fingerprint density at radius 1 is 0.654 bits per heavy atom. The molecule has 0 heterocycles. The second kappa shape index (κ2) is 8.04. The summed E-state index contributed by atoms with van der Waals surface area (Å²) in [6.07, 6.45) is -13.8. The van der Waals surface area contributed by atoms with Crippen molar-refractivity contribution in [3.8, 4) is 0 Å². The number of carbonyl (C=O) groups excluding carboxylic acids is 2. The number of halogens is 6. The number of esters is 2. The largest absolute Gasteiger partial charge is 0.460 e. The molecule has 0 fully saturated rings. The summed E-state index contributed by atoms with van der Waals surface area (Å²) in [5.74, 6) is -7.80. The van der Waals surface area contributed by atoms with Gasteiger partial charge in [-0.05, 0) is 41.5 Å². The quantitative estimate of drug-likeness (QED) is 0.496. The molecule has 154 valence electrons. The highest BCUT2D eigenvalue weighted by atomic mass is 19.4. The van der Waals surface area contributed by atoms with E-state index in [1.807, 2.05) is 0 Å². The molecular formula is C16H24F6O4. The first-order chi connectivity index (χ1) is 11.2. The van der Waals surface area contributed by atoms with Crippen molar-refractivity contribution in [2.75, 3.05) is 0 Å². The summed E-state index contributed by atoms with van der Waals surface area (Å²) < 4.78 is 86.7. The Hall–Kier alpha value is -1.48. The molecule has 0 rings (SSSR count). The fraction of sp³-hybridized carbons (Fsp3) is 0.875. The van der Waals surface area contributed by atoms with E-state index in [4.69, 9.17) is 9.47 Å². The molecular weight excluding hydrogens is 370 g/mol. The van der Waals surface area contributed by atoms with Gasteiger partial charge in [-0.1, -0.05) is 0 Å². The first kappa shape index (κ1) is 24.5. The van der Waals surface area contributed by atoms with E-state index >= 15 is 0 Å². The summed E-state index contributed by atoms with van der Waals surface area (Å²) >= 11 is 0. The van der Waals surface area contributed by atoms with Gasteiger partial charge in [0.15, 0.2) is 0 Å². The normalized spacial score (nSPS) is 16.0. The molecule has 0 aromatic heterocycles. The van der Waals surface area contributed by atoms with Gasteiger partial charge < -0.3 is 9.47 Å². The minimum absolute atomic E-state index is 1.24. The van der Waals surface area contributed by atoms with Crippen molar-refractivity contribution < 1.29 is 45.4 Å². The van der Waals surface area contributed by atoms with Crippen LogP contribution in [0.2, 0.25) is 0 Å². The van der Waals surface area contributed by atoms with E-state index in [0.717, 1.165) is 0 Å². The Bertz CT molecular complexity index is 451. The predicted octanol–water partition coefficient (Wildman–Crippen LogP) is 4.81. The lowest BCUT2D eigenvalue weighted by Gasteiger charge is -2.31. The van der Waals surface area contributed by atoms with Gasteiger partial charge in [0.1, 0.15) is 11.2 Å². The van der Waals surface area contributed by atoms with Crippen molar-refractivity contribution in [2.45, 2.75) is 77.9 Å². The lowest BCUT2D eigenvalue weighted by Crippen LogP contribution is -2.42. The van der Waals surface area contributed by atoms with Crippen LogP contribution in [0.25, 0.3) is 0 Å². The molecule has 10 heteroatoms. The average molecular weight is 394 g/mol. The van der Waals surface area contributed by atoms with Crippen LogP contribution < -0.4 is 0 Å². The molecule has 26 heavy (non-hydrogen) atoms. The van der Waals surface area contributed by atoms with Crippen LogP contribution in [0.1, 0.15) is 54.4 Å². The minimum Gasteiger partial charge on any atom is -0.460 e. The fourth-order valence-corrected chi connectivity index (χ4v) is 2.03. The maximum atomic E-state index is 12.9. The van der Waals surface area contributed by atoms with Crippen molar-refractivity contribution in [3.05, 3.63) is 0 Å². The van der Waals surface area contributed by atoms with Crippen molar-refractivity contribution in [1.29, 1.82) is 0 Å². The summed E-state index contributed by atoms with van der Waals surface area (Å²) in [4.78, 5) is 24.3. The van der Waals surface area contributed by atoms with E-state index < -0.39 is 60.2 Å². The highest BCUT2D eigenvalue weighted by molar-refractivity contribution is 5.82. The van der Waals surface area contributed by atoms with Gasteiger partial charge in [-0.15, -0.1) is 0 Å². The Kier molecular flexibility index (Phi) is 7.58. The maximum absolute atomic E-state index is 12.9. The molecule has 0 spiro atoms. The third kappa shape index (κ3) is 11.2. The molecule has 0 aliphatic heterocycles. The van der Waals surface area contributed by atoms with Gasteiger partial charge >= 0.3 is 24.3 Å². The number of hydrogen-bond acceptors (Lipinski definition) is 4. The van der Waals surface area contributed by atoms with Gasteiger partial charge in [0.05, 0.1) is 24.7 Å². The molecule has 0 aliphatic carbocycles. The molecule has 0 saturated heterocycles. The lowest BCUT2D eigenvalue weighted by molar-refractivity contribution is -0.199. The lowest BCUT2D eigenvalue weighted by atomic mass is 9.86. The molecule has 0 aromatic carbocycles. The summed E-state index contributed by atoms with van der Waals surface area (Å²) in [7, 11) is 0. The zero-order valence-corrected chi connectivity index (χ0v) is 15.5. The van der Waals surface area contributed by atoms with Gasteiger partial charge in [-0.25, -0.2) is 0 Å². The first-order valence-electron chi connectivity index (χ1n) is 7.79. The summed E-state index contributed by atoms with van der Waals surface area (Å²) in [6.45, 7) is 8.09. The zero-order chi connectivity index (χ0) is 21.1. The molecule has 0 N–H and O–H groups in total. The summed E-state index contributed by atoms with van der Waals surface area (Å²) in [5.41, 5.74) is -2.48. The second-order valence-electron chi connectivity index (χ2n) is 7.92. The Morgan fingerprint density at radius 3 is 1.04 bits per heavy atom. The van der Waals surface area contributed by atoms with E-state index in [0.29, 0.717) is 0 Å². The van der Waals surface area contributed by atoms with Crippen LogP contribution in [0.3, 0.4) is 0 Å². The average Bonchev–Trinajstić information content (AvgIpc) is 2.26. The van der Waals surface area contributed by atoms with E-state index in [2.05, 4.69) is 0 Å². The van der Waals surface area contributed by atoms with Crippen LogP contribution in [-0.2, 0) is 19.1 Å². The van der Waals surface area contributed by atoms with Crippen LogP contribution in [0.4, 0.5) is 26.3 Å².